The lowest BCUT2D eigenvalue weighted by molar-refractivity contribution is 0.0521. The summed E-state index contributed by atoms with van der Waals surface area (Å²) >= 11 is 0. The normalized spacial score (nSPS) is 16.2. The standard InChI is InChI=1S/C7H13NO2.C6H6.2C2H6/c1-3-6-4-8(2)7(9)10-5-6;1-2-4-6-5-3-1;2*1-2/h6H,3-5H2,1-2H3;1-6H;2*1-2H3. The number of hydrogen-bond donors (Lipinski definition) is 0. The largest absolute Gasteiger partial charge is 0.449 e. The Hall–Kier alpha value is -1.51. The van der Waals surface area contributed by atoms with Crippen molar-refractivity contribution in [3.05, 3.63) is 36.4 Å². The summed E-state index contributed by atoms with van der Waals surface area (Å²) in [6, 6.07) is 12.0. The lowest BCUT2D eigenvalue weighted by Gasteiger charge is -2.28. The summed E-state index contributed by atoms with van der Waals surface area (Å²) in [4.78, 5) is 12.4. The minimum atomic E-state index is -0.190. The summed E-state index contributed by atoms with van der Waals surface area (Å²) in [6.07, 6.45) is 0.891. The molecule has 1 aromatic carbocycles. The van der Waals surface area contributed by atoms with Crippen LogP contribution < -0.4 is 0 Å². The molecule has 1 atom stereocenters. The van der Waals surface area contributed by atoms with Crippen LogP contribution in [-0.2, 0) is 4.74 Å². The van der Waals surface area contributed by atoms with E-state index in [1.807, 2.05) is 64.1 Å². The number of ether oxygens (including phenoxy) is 1. The summed E-state index contributed by atoms with van der Waals surface area (Å²) in [5.41, 5.74) is 0. The number of carbonyl (C=O) groups is 1. The molecule has 0 radical (unpaired) electrons. The molecule has 0 spiro atoms. The summed E-state index contributed by atoms with van der Waals surface area (Å²) in [5.74, 6) is 0.530. The van der Waals surface area contributed by atoms with Crippen LogP contribution in [0, 0.1) is 5.92 Å². The number of carbonyl (C=O) groups excluding carboxylic acids is 1. The highest BCUT2D eigenvalue weighted by molar-refractivity contribution is 5.67. The van der Waals surface area contributed by atoms with Crippen LogP contribution in [0.5, 0.6) is 0 Å². The van der Waals surface area contributed by atoms with Crippen LogP contribution in [-0.4, -0.2) is 31.2 Å². The van der Waals surface area contributed by atoms with E-state index in [0.29, 0.717) is 12.5 Å². The average molecular weight is 281 g/mol. The number of rotatable bonds is 1. The second kappa shape index (κ2) is 15.5. The van der Waals surface area contributed by atoms with Gasteiger partial charge in [-0.15, -0.1) is 0 Å². The Bertz CT molecular complexity index is 274. The predicted molar refractivity (Wildman–Crippen MR) is 86.9 cm³/mol. The zero-order valence-electron chi connectivity index (χ0n) is 13.9. The van der Waals surface area contributed by atoms with Gasteiger partial charge in [0.1, 0.15) is 0 Å². The van der Waals surface area contributed by atoms with E-state index in [2.05, 4.69) is 6.92 Å². The summed E-state index contributed by atoms with van der Waals surface area (Å²) in [6.45, 7) is 11.5. The molecule has 1 saturated heterocycles. The molecule has 0 bridgehead atoms. The predicted octanol–water partition coefficient (Wildman–Crippen LogP) is 4.83. The molecule has 1 aliphatic heterocycles. The van der Waals surface area contributed by atoms with Crippen molar-refractivity contribution in [1.82, 2.24) is 4.90 Å². The van der Waals surface area contributed by atoms with E-state index >= 15 is 0 Å². The van der Waals surface area contributed by atoms with Crippen molar-refractivity contribution in [2.45, 2.75) is 41.0 Å². The molecule has 0 aliphatic carbocycles. The first-order chi connectivity index (χ1) is 9.74. The lowest BCUT2D eigenvalue weighted by Crippen LogP contribution is -2.40. The van der Waals surface area contributed by atoms with Gasteiger partial charge in [-0.3, -0.25) is 0 Å². The first-order valence-corrected chi connectivity index (χ1v) is 7.62. The van der Waals surface area contributed by atoms with E-state index in [1.165, 1.54) is 0 Å². The topological polar surface area (TPSA) is 29.5 Å². The SMILES string of the molecule is CC.CC.CCC1COC(=O)N(C)C1.c1ccccc1. The van der Waals surface area contributed by atoms with Crippen molar-refractivity contribution in [3.63, 3.8) is 0 Å². The lowest BCUT2D eigenvalue weighted by atomic mass is 10.1. The Morgan fingerprint density at radius 1 is 1.05 bits per heavy atom. The van der Waals surface area contributed by atoms with Gasteiger partial charge in [-0.25, -0.2) is 4.79 Å². The van der Waals surface area contributed by atoms with Crippen LogP contribution in [0.25, 0.3) is 0 Å². The van der Waals surface area contributed by atoms with Crippen molar-refractivity contribution >= 4 is 6.09 Å². The molecule has 1 aliphatic rings. The smallest absolute Gasteiger partial charge is 0.409 e. The summed E-state index contributed by atoms with van der Waals surface area (Å²) in [5, 5.41) is 0. The summed E-state index contributed by atoms with van der Waals surface area (Å²) < 4.78 is 4.88. The second-order valence-corrected chi connectivity index (χ2v) is 3.89. The monoisotopic (exact) mass is 281 g/mol. The Morgan fingerprint density at radius 2 is 1.45 bits per heavy atom. The van der Waals surface area contributed by atoms with Gasteiger partial charge in [-0.05, 0) is 6.42 Å². The maximum absolute atomic E-state index is 10.8. The molecule has 3 nitrogen and oxygen atoms in total. The van der Waals surface area contributed by atoms with E-state index in [-0.39, 0.29) is 6.09 Å². The van der Waals surface area contributed by atoms with Crippen molar-refractivity contribution in [2.75, 3.05) is 20.2 Å². The third kappa shape index (κ3) is 10.4. The molecular weight excluding hydrogens is 250 g/mol. The third-order valence-electron chi connectivity index (χ3n) is 2.53. The fourth-order valence-electron chi connectivity index (χ4n) is 1.45. The highest BCUT2D eigenvalue weighted by Crippen LogP contribution is 2.11. The zero-order valence-corrected chi connectivity index (χ0v) is 13.9. The highest BCUT2D eigenvalue weighted by atomic mass is 16.6. The van der Waals surface area contributed by atoms with Gasteiger partial charge < -0.3 is 9.64 Å². The van der Waals surface area contributed by atoms with Crippen LogP contribution >= 0.6 is 0 Å². The quantitative estimate of drug-likeness (QED) is 0.737. The number of hydrogen-bond acceptors (Lipinski definition) is 2. The number of amides is 1. The first-order valence-electron chi connectivity index (χ1n) is 7.62. The molecule has 1 fully saturated rings. The minimum Gasteiger partial charge on any atom is -0.449 e. The van der Waals surface area contributed by atoms with Gasteiger partial charge in [-0.2, -0.15) is 0 Å². The van der Waals surface area contributed by atoms with Crippen LogP contribution in [0.2, 0.25) is 0 Å². The van der Waals surface area contributed by atoms with Crippen LogP contribution in [0.1, 0.15) is 41.0 Å². The average Bonchev–Trinajstić information content (AvgIpc) is 2.56. The van der Waals surface area contributed by atoms with Crippen LogP contribution in [0.3, 0.4) is 0 Å². The Labute approximate surface area is 124 Å². The highest BCUT2D eigenvalue weighted by Gasteiger charge is 2.22. The van der Waals surface area contributed by atoms with Gasteiger partial charge in [0.2, 0.25) is 0 Å². The van der Waals surface area contributed by atoms with E-state index in [1.54, 1.807) is 11.9 Å². The third-order valence-corrected chi connectivity index (χ3v) is 2.53. The summed E-state index contributed by atoms with van der Waals surface area (Å²) in [7, 11) is 1.77. The van der Waals surface area contributed by atoms with Gasteiger partial charge in [-0.1, -0.05) is 71.0 Å². The molecule has 1 unspecified atom stereocenters. The molecule has 1 aromatic rings. The second-order valence-electron chi connectivity index (χ2n) is 3.89. The molecule has 3 heteroatoms. The van der Waals surface area contributed by atoms with Gasteiger partial charge in [0.15, 0.2) is 0 Å². The maximum atomic E-state index is 10.8. The maximum Gasteiger partial charge on any atom is 0.409 e. The fourth-order valence-corrected chi connectivity index (χ4v) is 1.45. The van der Waals surface area contributed by atoms with Crippen LogP contribution in [0.4, 0.5) is 4.79 Å². The molecule has 0 aromatic heterocycles. The molecule has 116 valence electrons. The minimum absolute atomic E-state index is 0.190. The molecule has 1 heterocycles. The molecule has 1 amide bonds. The number of nitrogens with zero attached hydrogens (tertiary/aromatic N) is 1. The van der Waals surface area contributed by atoms with E-state index in [9.17, 15) is 4.79 Å². The van der Waals surface area contributed by atoms with Crippen molar-refractivity contribution in [1.29, 1.82) is 0 Å². The van der Waals surface area contributed by atoms with Gasteiger partial charge in [0, 0.05) is 19.5 Å². The Balaban J connectivity index is 0. The van der Waals surface area contributed by atoms with Gasteiger partial charge in [0.25, 0.3) is 0 Å². The van der Waals surface area contributed by atoms with Gasteiger partial charge in [0.05, 0.1) is 6.61 Å². The Kier molecular flexibility index (Phi) is 16.2. The molecule has 0 saturated carbocycles. The van der Waals surface area contributed by atoms with Gasteiger partial charge >= 0.3 is 6.09 Å². The van der Waals surface area contributed by atoms with Crippen molar-refractivity contribution < 1.29 is 9.53 Å². The molecule has 0 N–H and O–H groups in total. The van der Waals surface area contributed by atoms with Crippen molar-refractivity contribution in [2.24, 2.45) is 5.92 Å². The molecule has 2 rings (SSSR count). The van der Waals surface area contributed by atoms with E-state index in [0.717, 1.165) is 13.0 Å². The van der Waals surface area contributed by atoms with E-state index in [4.69, 9.17) is 4.74 Å². The van der Waals surface area contributed by atoms with E-state index < -0.39 is 0 Å². The zero-order chi connectivity index (χ0) is 15.8. The fraction of sp³-hybridized carbons (Fsp3) is 0.588. The van der Waals surface area contributed by atoms with Crippen LogP contribution in [0.15, 0.2) is 36.4 Å². The molecule has 20 heavy (non-hydrogen) atoms. The number of benzene rings is 1. The number of cyclic esters (lactones) is 1. The van der Waals surface area contributed by atoms with Crippen molar-refractivity contribution in [3.8, 4) is 0 Å². The first kappa shape index (κ1) is 20.8. The molecular formula is C17H31NO2. The Morgan fingerprint density at radius 3 is 1.75 bits per heavy atom.